The molecule has 23 heavy (non-hydrogen) atoms. The molecule has 1 heterocycles. The van der Waals surface area contributed by atoms with Crippen molar-refractivity contribution in [2.24, 2.45) is 0 Å². The highest BCUT2D eigenvalue weighted by molar-refractivity contribution is 5.83. The summed E-state index contributed by atoms with van der Waals surface area (Å²) in [6.45, 7) is 2.56. The Labute approximate surface area is 136 Å². The number of nitrogens with zero attached hydrogens (tertiary/aromatic N) is 1. The van der Waals surface area contributed by atoms with Crippen LogP contribution in [0.2, 0.25) is 0 Å². The number of nitrogens with one attached hydrogen (secondary N) is 1. The van der Waals surface area contributed by atoms with Crippen LogP contribution in [0.3, 0.4) is 0 Å². The number of halogens is 1. The van der Waals surface area contributed by atoms with Gasteiger partial charge >= 0.3 is 0 Å². The molecule has 0 spiro atoms. The topological polar surface area (TPSA) is 41.6 Å². The van der Waals surface area contributed by atoms with Crippen molar-refractivity contribution in [3.05, 3.63) is 47.8 Å². The van der Waals surface area contributed by atoms with Gasteiger partial charge in [-0.3, -0.25) is 9.69 Å². The molecule has 1 N–H and O–H groups in total. The van der Waals surface area contributed by atoms with Crippen LogP contribution in [-0.2, 0) is 9.53 Å². The normalized spacial score (nSPS) is 23.4. The molecule has 1 aromatic carbocycles. The zero-order valence-electron chi connectivity index (χ0n) is 13.2. The molecule has 0 saturated carbocycles. The molecule has 3 rings (SSSR count). The first-order valence-electron chi connectivity index (χ1n) is 8.26. The minimum atomic E-state index is -0.458. The maximum absolute atomic E-state index is 13.6. The lowest BCUT2D eigenvalue weighted by atomic mass is 9.99. The van der Waals surface area contributed by atoms with Gasteiger partial charge in [0.2, 0.25) is 5.91 Å². The quantitative estimate of drug-likeness (QED) is 0.867. The summed E-state index contributed by atoms with van der Waals surface area (Å²) in [7, 11) is 0. The van der Waals surface area contributed by atoms with E-state index in [9.17, 15) is 9.18 Å². The van der Waals surface area contributed by atoms with E-state index < -0.39 is 6.04 Å². The second-order valence-corrected chi connectivity index (χ2v) is 6.10. The van der Waals surface area contributed by atoms with E-state index in [1.807, 2.05) is 6.07 Å². The van der Waals surface area contributed by atoms with Crippen molar-refractivity contribution in [2.45, 2.75) is 31.3 Å². The average Bonchev–Trinajstić information content (AvgIpc) is 2.57. The molecule has 1 fully saturated rings. The van der Waals surface area contributed by atoms with Crippen LogP contribution in [0.25, 0.3) is 0 Å². The Morgan fingerprint density at radius 1 is 1.30 bits per heavy atom. The van der Waals surface area contributed by atoms with Crippen LogP contribution in [0.1, 0.15) is 30.9 Å². The first-order chi connectivity index (χ1) is 11.2. The van der Waals surface area contributed by atoms with Gasteiger partial charge in [0.25, 0.3) is 0 Å². The highest BCUT2D eigenvalue weighted by atomic mass is 19.1. The summed E-state index contributed by atoms with van der Waals surface area (Å²) in [6, 6.07) is 6.06. The molecule has 1 aromatic rings. The van der Waals surface area contributed by atoms with Gasteiger partial charge in [-0.15, -0.1) is 0 Å². The molecule has 0 aromatic heterocycles. The molecule has 0 radical (unpaired) electrons. The minimum Gasteiger partial charge on any atom is -0.379 e. The van der Waals surface area contributed by atoms with Gasteiger partial charge in [0, 0.05) is 19.1 Å². The molecule has 1 amide bonds. The summed E-state index contributed by atoms with van der Waals surface area (Å²) in [5, 5.41) is 3.14. The molecule has 0 unspecified atom stereocenters. The summed E-state index contributed by atoms with van der Waals surface area (Å²) >= 11 is 0. The summed E-state index contributed by atoms with van der Waals surface area (Å²) in [5.41, 5.74) is 0.704. The van der Waals surface area contributed by atoms with Crippen molar-refractivity contribution < 1.29 is 13.9 Å². The largest absolute Gasteiger partial charge is 0.379 e. The molecule has 1 aliphatic heterocycles. The second-order valence-electron chi connectivity index (χ2n) is 6.10. The van der Waals surface area contributed by atoms with E-state index in [0.717, 1.165) is 19.3 Å². The number of amides is 1. The lowest BCUT2D eigenvalue weighted by molar-refractivity contribution is -0.129. The van der Waals surface area contributed by atoms with Crippen LogP contribution in [0.4, 0.5) is 4.39 Å². The first-order valence-corrected chi connectivity index (χ1v) is 8.26. The fraction of sp³-hybridized carbons (Fsp3) is 0.500. The van der Waals surface area contributed by atoms with Gasteiger partial charge in [-0.2, -0.15) is 0 Å². The maximum Gasteiger partial charge on any atom is 0.242 e. The van der Waals surface area contributed by atoms with E-state index in [0.29, 0.717) is 31.9 Å². The first kappa shape index (κ1) is 16.1. The lowest BCUT2D eigenvalue weighted by Crippen LogP contribution is -2.48. The number of carbonyl (C=O) groups excluding carboxylic acids is 1. The Kier molecular flexibility index (Phi) is 5.41. The van der Waals surface area contributed by atoms with Gasteiger partial charge in [0.15, 0.2) is 0 Å². The van der Waals surface area contributed by atoms with Gasteiger partial charge in [0.1, 0.15) is 11.9 Å². The predicted molar refractivity (Wildman–Crippen MR) is 86.5 cm³/mol. The number of morpholine rings is 1. The standard InChI is InChI=1S/C18H23FN2O2/c19-15-6-4-5-14(13-15)17(21-9-11-23-12-10-21)18(22)20-16-7-2-1-3-8-16/h1-2,4-6,13,16-17H,3,7-12H2,(H,20,22)/t16-,17-/m0/s1. The second kappa shape index (κ2) is 7.70. The third-order valence-corrected chi connectivity index (χ3v) is 4.44. The van der Waals surface area contributed by atoms with Gasteiger partial charge < -0.3 is 10.1 Å². The highest BCUT2D eigenvalue weighted by Crippen LogP contribution is 2.24. The molecular weight excluding hydrogens is 295 g/mol. The van der Waals surface area contributed by atoms with E-state index in [1.54, 1.807) is 6.07 Å². The van der Waals surface area contributed by atoms with E-state index >= 15 is 0 Å². The summed E-state index contributed by atoms with van der Waals surface area (Å²) in [5.74, 6) is -0.355. The zero-order chi connectivity index (χ0) is 16.1. The molecule has 2 aliphatic rings. The molecule has 4 nitrogen and oxygen atoms in total. The minimum absolute atomic E-state index is 0.0437. The number of ether oxygens (including phenoxy) is 1. The van der Waals surface area contributed by atoms with Crippen LogP contribution in [0.15, 0.2) is 36.4 Å². The summed E-state index contributed by atoms with van der Waals surface area (Å²) in [4.78, 5) is 15.0. The molecule has 124 valence electrons. The zero-order valence-corrected chi connectivity index (χ0v) is 13.2. The van der Waals surface area contributed by atoms with Gasteiger partial charge in [-0.1, -0.05) is 24.3 Å². The van der Waals surface area contributed by atoms with Crippen molar-refractivity contribution in [3.63, 3.8) is 0 Å². The van der Waals surface area contributed by atoms with E-state index in [4.69, 9.17) is 4.74 Å². The van der Waals surface area contributed by atoms with Crippen LogP contribution in [0, 0.1) is 5.82 Å². The maximum atomic E-state index is 13.6. The van der Waals surface area contributed by atoms with E-state index in [-0.39, 0.29) is 17.8 Å². The van der Waals surface area contributed by atoms with Crippen LogP contribution in [0.5, 0.6) is 0 Å². The highest BCUT2D eigenvalue weighted by Gasteiger charge is 2.30. The number of hydrogen-bond donors (Lipinski definition) is 1. The molecule has 1 saturated heterocycles. The van der Waals surface area contributed by atoms with Crippen molar-refractivity contribution in [3.8, 4) is 0 Å². The third kappa shape index (κ3) is 4.18. The number of carbonyl (C=O) groups is 1. The monoisotopic (exact) mass is 318 g/mol. The number of hydrogen-bond acceptors (Lipinski definition) is 3. The Morgan fingerprint density at radius 2 is 2.13 bits per heavy atom. The van der Waals surface area contributed by atoms with Crippen LogP contribution < -0.4 is 5.32 Å². The smallest absolute Gasteiger partial charge is 0.242 e. The average molecular weight is 318 g/mol. The predicted octanol–water partition coefficient (Wildman–Crippen LogP) is 2.42. The molecule has 0 bridgehead atoms. The summed E-state index contributed by atoms with van der Waals surface area (Å²) in [6.07, 6.45) is 7.08. The fourth-order valence-electron chi connectivity index (χ4n) is 3.25. The Balaban J connectivity index is 1.78. The van der Waals surface area contributed by atoms with Crippen molar-refractivity contribution in [2.75, 3.05) is 26.3 Å². The Bertz CT molecular complexity index is 570. The van der Waals surface area contributed by atoms with Crippen LogP contribution >= 0.6 is 0 Å². The molecule has 1 aliphatic carbocycles. The molecule has 5 heteroatoms. The van der Waals surface area contributed by atoms with Gasteiger partial charge in [-0.05, 0) is 37.0 Å². The van der Waals surface area contributed by atoms with Crippen molar-refractivity contribution >= 4 is 5.91 Å². The van der Waals surface area contributed by atoms with Gasteiger partial charge in [-0.25, -0.2) is 4.39 Å². The third-order valence-electron chi connectivity index (χ3n) is 4.44. The van der Waals surface area contributed by atoms with Gasteiger partial charge in [0.05, 0.1) is 13.2 Å². The number of benzene rings is 1. The van der Waals surface area contributed by atoms with E-state index in [2.05, 4.69) is 22.4 Å². The van der Waals surface area contributed by atoms with Crippen LogP contribution in [-0.4, -0.2) is 43.2 Å². The Hall–Kier alpha value is -1.72. The van der Waals surface area contributed by atoms with E-state index in [1.165, 1.54) is 12.1 Å². The molecule has 2 atom stereocenters. The number of rotatable bonds is 4. The number of allylic oxidation sites excluding steroid dienone is 1. The van der Waals surface area contributed by atoms with Crippen molar-refractivity contribution in [1.29, 1.82) is 0 Å². The summed E-state index contributed by atoms with van der Waals surface area (Å²) < 4.78 is 19.0. The Morgan fingerprint density at radius 3 is 2.83 bits per heavy atom. The van der Waals surface area contributed by atoms with Crippen molar-refractivity contribution in [1.82, 2.24) is 10.2 Å². The fourth-order valence-corrected chi connectivity index (χ4v) is 3.25. The SMILES string of the molecule is O=C(N[C@H]1CC=CCC1)[C@H](c1cccc(F)c1)N1CCOCC1. The molecular formula is C18H23FN2O2. The lowest BCUT2D eigenvalue weighted by Gasteiger charge is -2.35.